The van der Waals surface area contributed by atoms with Crippen LogP contribution in [-0.4, -0.2) is 5.11 Å². The SMILES string of the molecule is C#Cc1cccc(C)c1.CC/C=C\c1cc(C#N)ccc1O. The summed E-state index contributed by atoms with van der Waals surface area (Å²) in [5.74, 6) is 2.78. The number of rotatable bonds is 2. The molecular formula is C20H19NO. The van der Waals surface area contributed by atoms with Gasteiger partial charge in [-0.25, -0.2) is 0 Å². The van der Waals surface area contributed by atoms with Gasteiger partial charge >= 0.3 is 0 Å². The van der Waals surface area contributed by atoms with Crippen molar-refractivity contribution in [2.24, 2.45) is 0 Å². The molecule has 0 aliphatic heterocycles. The quantitative estimate of drug-likeness (QED) is 0.817. The van der Waals surface area contributed by atoms with E-state index < -0.39 is 0 Å². The van der Waals surface area contributed by atoms with Crippen molar-refractivity contribution in [1.29, 1.82) is 5.26 Å². The Morgan fingerprint density at radius 3 is 2.50 bits per heavy atom. The van der Waals surface area contributed by atoms with Gasteiger partial charge in [0.1, 0.15) is 5.75 Å². The smallest absolute Gasteiger partial charge is 0.122 e. The Morgan fingerprint density at radius 1 is 1.18 bits per heavy atom. The summed E-state index contributed by atoms with van der Waals surface area (Å²) in [6.07, 6.45) is 9.84. The molecule has 110 valence electrons. The van der Waals surface area contributed by atoms with Gasteiger partial charge in [-0.15, -0.1) is 6.42 Å². The van der Waals surface area contributed by atoms with E-state index in [1.54, 1.807) is 12.1 Å². The molecule has 0 spiro atoms. The molecule has 0 atom stereocenters. The first kappa shape index (κ1) is 17.1. The van der Waals surface area contributed by atoms with Crippen LogP contribution in [0.4, 0.5) is 0 Å². The molecule has 0 unspecified atom stereocenters. The topological polar surface area (TPSA) is 44.0 Å². The average molecular weight is 289 g/mol. The van der Waals surface area contributed by atoms with E-state index in [2.05, 4.69) is 5.92 Å². The van der Waals surface area contributed by atoms with E-state index in [-0.39, 0.29) is 5.75 Å². The van der Waals surface area contributed by atoms with Crippen LogP contribution in [0.15, 0.2) is 48.5 Å². The molecule has 0 fully saturated rings. The van der Waals surface area contributed by atoms with E-state index in [1.165, 1.54) is 11.6 Å². The molecule has 2 heteroatoms. The number of nitrogens with zero attached hydrogens (tertiary/aromatic N) is 1. The second-order valence-corrected chi connectivity index (χ2v) is 4.71. The van der Waals surface area contributed by atoms with Crippen LogP contribution in [0.3, 0.4) is 0 Å². The molecule has 0 saturated carbocycles. The third kappa shape index (κ3) is 5.57. The summed E-state index contributed by atoms with van der Waals surface area (Å²) in [5.41, 5.74) is 3.43. The Morgan fingerprint density at radius 2 is 1.95 bits per heavy atom. The Hall–Kier alpha value is -2.97. The van der Waals surface area contributed by atoms with Crippen molar-refractivity contribution >= 4 is 6.08 Å². The first-order valence-electron chi connectivity index (χ1n) is 7.03. The van der Waals surface area contributed by atoms with Gasteiger partial charge in [0.25, 0.3) is 0 Å². The lowest BCUT2D eigenvalue weighted by Crippen LogP contribution is -1.78. The van der Waals surface area contributed by atoms with Gasteiger partial charge in [0.2, 0.25) is 0 Å². The van der Waals surface area contributed by atoms with Crippen LogP contribution in [0.5, 0.6) is 5.75 Å². The monoisotopic (exact) mass is 289 g/mol. The summed E-state index contributed by atoms with van der Waals surface area (Å²) < 4.78 is 0. The third-order valence-electron chi connectivity index (χ3n) is 2.87. The van der Waals surface area contributed by atoms with E-state index in [1.807, 2.05) is 56.3 Å². The highest BCUT2D eigenvalue weighted by molar-refractivity contribution is 5.59. The number of phenolic OH excluding ortho intramolecular Hbond substituents is 1. The Balaban J connectivity index is 0.000000235. The number of hydrogen-bond donors (Lipinski definition) is 1. The molecule has 0 aromatic heterocycles. The number of aromatic hydroxyl groups is 1. The van der Waals surface area contributed by atoms with E-state index in [0.29, 0.717) is 11.1 Å². The van der Waals surface area contributed by atoms with E-state index in [4.69, 9.17) is 11.7 Å². The first-order valence-corrected chi connectivity index (χ1v) is 7.03. The number of terminal acetylenes is 1. The molecule has 0 saturated heterocycles. The van der Waals surface area contributed by atoms with E-state index >= 15 is 0 Å². The molecule has 1 N–H and O–H groups in total. The summed E-state index contributed by atoms with van der Waals surface area (Å²) in [6.45, 7) is 4.04. The number of allylic oxidation sites excluding steroid dienone is 1. The fraction of sp³-hybridized carbons (Fsp3) is 0.150. The zero-order chi connectivity index (χ0) is 16.4. The lowest BCUT2D eigenvalue weighted by Gasteiger charge is -1.98. The summed E-state index contributed by atoms with van der Waals surface area (Å²) >= 11 is 0. The van der Waals surface area contributed by atoms with Gasteiger partial charge in [-0.1, -0.05) is 37.1 Å². The summed E-state index contributed by atoms with van der Waals surface area (Å²) in [7, 11) is 0. The molecule has 0 amide bonds. The number of benzene rings is 2. The van der Waals surface area contributed by atoms with Gasteiger partial charge < -0.3 is 5.11 Å². The number of hydrogen-bond acceptors (Lipinski definition) is 2. The second kappa shape index (κ2) is 9.06. The highest BCUT2D eigenvalue weighted by Crippen LogP contribution is 2.19. The van der Waals surface area contributed by atoms with E-state index in [0.717, 1.165) is 12.0 Å². The van der Waals surface area contributed by atoms with Crippen LogP contribution in [0.25, 0.3) is 6.08 Å². The highest BCUT2D eigenvalue weighted by atomic mass is 16.3. The summed E-state index contributed by atoms with van der Waals surface area (Å²) in [5, 5.41) is 18.0. The molecule has 0 aliphatic rings. The fourth-order valence-corrected chi connectivity index (χ4v) is 1.74. The van der Waals surface area contributed by atoms with Gasteiger partial charge in [-0.05, 0) is 49.2 Å². The summed E-state index contributed by atoms with van der Waals surface area (Å²) in [6, 6.07) is 14.7. The van der Waals surface area contributed by atoms with Gasteiger partial charge in [0, 0.05) is 11.1 Å². The normalized spacial score (nSPS) is 9.45. The van der Waals surface area contributed by atoms with Crippen molar-refractivity contribution in [3.8, 4) is 24.2 Å². The van der Waals surface area contributed by atoms with Crippen LogP contribution >= 0.6 is 0 Å². The molecule has 0 bridgehead atoms. The molecule has 2 aromatic rings. The third-order valence-corrected chi connectivity index (χ3v) is 2.87. The first-order chi connectivity index (χ1) is 10.6. The zero-order valence-corrected chi connectivity index (χ0v) is 12.9. The minimum Gasteiger partial charge on any atom is -0.507 e. The van der Waals surface area contributed by atoms with E-state index in [9.17, 15) is 5.11 Å². The Kier molecular flexibility index (Phi) is 7.03. The van der Waals surface area contributed by atoms with Crippen LogP contribution < -0.4 is 0 Å². The molecule has 2 aromatic carbocycles. The second-order valence-electron chi connectivity index (χ2n) is 4.71. The molecule has 0 heterocycles. The van der Waals surface area contributed by atoms with Gasteiger partial charge in [0.15, 0.2) is 0 Å². The molecular weight excluding hydrogens is 270 g/mol. The fourth-order valence-electron chi connectivity index (χ4n) is 1.74. The maximum Gasteiger partial charge on any atom is 0.122 e. The van der Waals surface area contributed by atoms with Crippen molar-refractivity contribution in [1.82, 2.24) is 0 Å². The van der Waals surface area contributed by atoms with Crippen molar-refractivity contribution in [2.75, 3.05) is 0 Å². The molecule has 2 nitrogen and oxygen atoms in total. The van der Waals surface area contributed by atoms with Crippen LogP contribution in [0.2, 0.25) is 0 Å². The zero-order valence-electron chi connectivity index (χ0n) is 12.9. The van der Waals surface area contributed by atoms with Crippen LogP contribution in [0.1, 0.15) is 35.6 Å². The average Bonchev–Trinajstić information content (AvgIpc) is 2.54. The van der Waals surface area contributed by atoms with Gasteiger partial charge in [-0.2, -0.15) is 5.26 Å². The van der Waals surface area contributed by atoms with Gasteiger partial charge in [0.05, 0.1) is 11.6 Å². The highest BCUT2D eigenvalue weighted by Gasteiger charge is 1.97. The maximum atomic E-state index is 9.40. The van der Waals surface area contributed by atoms with Gasteiger partial charge in [-0.3, -0.25) is 0 Å². The number of phenols is 1. The molecule has 2 rings (SSSR count). The standard InChI is InChI=1S/C11H11NO.C9H8/c1-2-3-4-10-7-9(8-12)5-6-11(10)13;1-3-9-6-4-5-8(2)7-9/h3-7,13H,2H2,1H3;1,4-7H,2H3/b4-3-;. The number of nitriles is 1. The van der Waals surface area contributed by atoms with Crippen molar-refractivity contribution in [3.63, 3.8) is 0 Å². The van der Waals surface area contributed by atoms with Crippen LogP contribution in [0, 0.1) is 30.6 Å². The molecule has 0 radical (unpaired) electrons. The maximum absolute atomic E-state index is 9.40. The lowest BCUT2D eigenvalue weighted by molar-refractivity contribution is 0.474. The minimum atomic E-state index is 0.212. The summed E-state index contributed by atoms with van der Waals surface area (Å²) in [4.78, 5) is 0. The predicted molar refractivity (Wildman–Crippen MR) is 91.3 cm³/mol. The predicted octanol–water partition coefficient (Wildman–Crippen LogP) is 4.66. The van der Waals surface area contributed by atoms with Crippen molar-refractivity contribution in [2.45, 2.75) is 20.3 Å². The largest absolute Gasteiger partial charge is 0.507 e. The Labute approximate surface area is 132 Å². The molecule has 0 aliphatic carbocycles. The van der Waals surface area contributed by atoms with Crippen molar-refractivity contribution in [3.05, 3.63) is 70.8 Å². The Bertz CT molecular complexity index is 730. The van der Waals surface area contributed by atoms with Crippen LogP contribution in [-0.2, 0) is 0 Å². The molecule has 22 heavy (non-hydrogen) atoms. The number of aryl methyl sites for hydroxylation is 1. The van der Waals surface area contributed by atoms with Crippen molar-refractivity contribution < 1.29 is 5.11 Å². The minimum absolute atomic E-state index is 0.212. The lowest BCUT2D eigenvalue weighted by atomic mass is 10.1.